The fraction of sp³-hybridized carbons (Fsp3) is 0.333. The molecule has 1 atom stereocenters. The van der Waals surface area contributed by atoms with E-state index in [0.717, 1.165) is 18.4 Å². The molecular weight excluding hydrogens is 447 g/mol. The van der Waals surface area contributed by atoms with Crippen LogP contribution in [-0.4, -0.2) is 43.9 Å². The maximum absolute atomic E-state index is 12.9. The molecule has 0 radical (unpaired) electrons. The number of alkyl halides is 3. The van der Waals surface area contributed by atoms with Crippen molar-refractivity contribution in [3.63, 3.8) is 0 Å². The maximum atomic E-state index is 12.9. The SMILES string of the molecule is CS(=O)(=O)N1CCCC(C(=O)Nc2ccccc2C(=O)Nc2cccc(C(F)(F)F)c2)C1. The number of benzene rings is 2. The average molecular weight is 469 g/mol. The molecule has 0 aliphatic carbocycles. The van der Waals surface area contributed by atoms with Gasteiger partial charge in [0.2, 0.25) is 15.9 Å². The van der Waals surface area contributed by atoms with Crippen molar-refractivity contribution < 1.29 is 31.2 Å². The van der Waals surface area contributed by atoms with Gasteiger partial charge in [-0.3, -0.25) is 9.59 Å². The van der Waals surface area contributed by atoms with Crippen molar-refractivity contribution in [2.24, 2.45) is 5.92 Å². The zero-order chi connectivity index (χ0) is 23.5. The molecule has 11 heteroatoms. The number of carbonyl (C=O) groups is 2. The summed E-state index contributed by atoms with van der Waals surface area (Å²) < 4.78 is 63.6. The lowest BCUT2D eigenvalue weighted by atomic mass is 9.98. The number of carbonyl (C=O) groups excluding carboxylic acids is 2. The molecule has 3 rings (SSSR count). The number of sulfonamides is 1. The van der Waals surface area contributed by atoms with Gasteiger partial charge in [0.05, 0.1) is 29.0 Å². The van der Waals surface area contributed by atoms with Crippen LogP contribution in [0.4, 0.5) is 24.5 Å². The first-order valence-electron chi connectivity index (χ1n) is 9.79. The molecule has 32 heavy (non-hydrogen) atoms. The van der Waals surface area contributed by atoms with Gasteiger partial charge in [0.1, 0.15) is 0 Å². The van der Waals surface area contributed by atoms with Crippen molar-refractivity contribution in [2.75, 3.05) is 30.0 Å². The molecule has 0 aromatic heterocycles. The van der Waals surface area contributed by atoms with Crippen molar-refractivity contribution in [3.05, 3.63) is 59.7 Å². The highest BCUT2D eigenvalue weighted by molar-refractivity contribution is 7.88. The van der Waals surface area contributed by atoms with E-state index in [2.05, 4.69) is 10.6 Å². The quantitative estimate of drug-likeness (QED) is 0.700. The Bertz CT molecular complexity index is 1120. The van der Waals surface area contributed by atoms with Gasteiger partial charge in [0, 0.05) is 18.8 Å². The van der Waals surface area contributed by atoms with Gasteiger partial charge in [-0.1, -0.05) is 18.2 Å². The lowest BCUT2D eigenvalue weighted by molar-refractivity contribution is -0.137. The fourth-order valence-electron chi connectivity index (χ4n) is 3.45. The van der Waals surface area contributed by atoms with E-state index in [4.69, 9.17) is 0 Å². The van der Waals surface area contributed by atoms with E-state index in [9.17, 15) is 31.2 Å². The zero-order valence-electron chi connectivity index (χ0n) is 17.1. The number of para-hydroxylation sites is 1. The number of halogens is 3. The topological polar surface area (TPSA) is 95.6 Å². The Balaban J connectivity index is 1.74. The van der Waals surface area contributed by atoms with Crippen LogP contribution in [0.1, 0.15) is 28.8 Å². The highest BCUT2D eigenvalue weighted by Gasteiger charge is 2.31. The van der Waals surface area contributed by atoms with Crippen LogP contribution in [0.2, 0.25) is 0 Å². The van der Waals surface area contributed by atoms with Crippen LogP contribution in [0.25, 0.3) is 0 Å². The summed E-state index contributed by atoms with van der Waals surface area (Å²) in [7, 11) is -3.43. The van der Waals surface area contributed by atoms with Crippen molar-refractivity contribution in [1.29, 1.82) is 0 Å². The third-order valence-corrected chi connectivity index (χ3v) is 6.37. The first-order chi connectivity index (χ1) is 14.9. The van der Waals surface area contributed by atoms with Crippen molar-refractivity contribution in [3.8, 4) is 0 Å². The minimum atomic E-state index is -4.55. The lowest BCUT2D eigenvalue weighted by Crippen LogP contribution is -2.43. The molecule has 1 saturated heterocycles. The Labute approximate surface area is 183 Å². The van der Waals surface area contributed by atoms with E-state index in [0.29, 0.717) is 19.4 Å². The second-order valence-electron chi connectivity index (χ2n) is 7.53. The zero-order valence-corrected chi connectivity index (χ0v) is 18.0. The van der Waals surface area contributed by atoms with Gasteiger partial charge in [-0.05, 0) is 43.2 Å². The van der Waals surface area contributed by atoms with E-state index < -0.39 is 39.5 Å². The number of nitrogens with one attached hydrogen (secondary N) is 2. The molecule has 1 unspecified atom stereocenters. The summed E-state index contributed by atoms with van der Waals surface area (Å²) in [4.78, 5) is 25.4. The summed E-state index contributed by atoms with van der Waals surface area (Å²) in [6.07, 6.45) is -2.44. The Morgan fingerprint density at radius 1 is 1.06 bits per heavy atom. The van der Waals surface area contributed by atoms with Crippen LogP contribution < -0.4 is 10.6 Å². The van der Waals surface area contributed by atoms with Crippen LogP contribution in [0.5, 0.6) is 0 Å². The standard InChI is InChI=1S/C21H22F3N3O4S/c1-32(30,31)27-11-5-6-14(13-27)19(28)26-18-10-3-2-9-17(18)20(29)25-16-8-4-7-15(12-16)21(22,23)24/h2-4,7-10,12,14H,5-6,11,13H2,1H3,(H,25,29)(H,26,28). The monoisotopic (exact) mass is 469 g/mol. The third kappa shape index (κ3) is 5.86. The molecule has 1 aliphatic heterocycles. The molecule has 2 amide bonds. The van der Waals surface area contributed by atoms with Gasteiger partial charge < -0.3 is 10.6 Å². The molecule has 2 aromatic carbocycles. The number of hydrogen-bond acceptors (Lipinski definition) is 4. The van der Waals surface area contributed by atoms with Gasteiger partial charge in [-0.15, -0.1) is 0 Å². The van der Waals surface area contributed by atoms with Gasteiger partial charge in [-0.2, -0.15) is 13.2 Å². The smallest absolute Gasteiger partial charge is 0.325 e. The van der Waals surface area contributed by atoms with Crippen LogP contribution in [-0.2, 0) is 21.0 Å². The lowest BCUT2D eigenvalue weighted by Gasteiger charge is -2.30. The largest absolute Gasteiger partial charge is 0.416 e. The molecule has 0 bridgehead atoms. The van der Waals surface area contributed by atoms with E-state index in [1.54, 1.807) is 12.1 Å². The molecular formula is C21H22F3N3O4S. The van der Waals surface area contributed by atoms with Gasteiger partial charge >= 0.3 is 6.18 Å². The van der Waals surface area contributed by atoms with Crippen molar-refractivity contribution in [1.82, 2.24) is 4.31 Å². The molecule has 1 aliphatic rings. The Kier molecular flexibility index (Phi) is 6.89. The molecule has 2 N–H and O–H groups in total. The fourth-order valence-corrected chi connectivity index (χ4v) is 4.37. The Morgan fingerprint density at radius 2 is 1.78 bits per heavy atom. The van der Waals surface area contributed by atoms with E-state index in [1.807, 2.05) is 0 Å². The molecule has 1 fully saturated rings. The highest BCUT2D eigenvalue weighted by atomic mass is 32.2. The molecule has 172 valence electrons. The highest BCUT2D eigenvalue weighted by Crippen LogP contribution is 2.31. The Hall–Kier alpha value is -2.92. The normalized spacial score (nSPS) is 17.6. The van der Waals surface area contributed by atoms with Gasteiger partial charge in [0.25, 0.3) is 5.91 Å². The molecule has 2 aromatic rings. The number of hydrogen-bond donors (Lipinski definition) is 2. The average Bonchev–Trinajstić information content (AvgIpc) is 2.73. The summed E-state index contributed by atoms with van der Waals surface area (Å²) in [5.74, 6) is -1.71. The van der Waals surface area contributed by atoms with E-state index in [-0.39, 0.29) is 23.5 Å². The third-order valence-electron chi connectivity index (χ3n) is 5.10. The second kappa shape index (κ2) is 9.29. The number of nitrogens with zero attached hydrogens (tertiary/aromatic N) is 1. The first-order valence-corrected chi connectivity index (χ1v) is 11.6. The second-order valence-corrected chi connectivity index (χ2v) is 9.51. The minimum absolute atomic E-state index is 0.0398. The number of rotatable bonds is 5. The summed E-state index contributed by atoms with van der Waals surface area (Å²) in [5.41, 5.74) is -0.695. The van der Waals surface area contributed by atoms with Crippen molar-refractivity contribution >= 4 is 33.2 Å². The maximum Gasteiger partial charge on any atom is 0.416 e. The summed E-state index contributed by atoms with van der Waals surface area (Å²) >= 11 is 0. The number of amides is 2. The van der Waals surface area contributed by atoms with Crippen molar-refractivity contribution in [2.45, 2.75) is 19.0 Å². The Morgan fingerprint density at radius 3 is 2.47 bits per heavy atom. The van der Waals surface area contributed by atoms with Crippen LogP contribution >= 0.6 is 0 Å². The number of anilines is 2. The van der Waals surface area contributed by atoms with E-state index >= 15 is 0 Å². The van der Waals surface area contributed by atoms with Gasteiger partial charge in [-0.25, -0.2) is 12.7 Å². The van der Waals surface area contributed by atoms with Gasteiger partial charge in [0.15, 0.2) is 0 Å². The molecule has 1 heterocycles. The van der Waals surface area contributed by atoms with Crippen LogP contribution in [0, 0.1) is 5.92 Å². The minimum Gasteiger partial charge on any atom is -0.325 e. The van der Waals surface area contributed by atoms with Crippen LogP contribution in [0.15, 0.2) is 48.5 Å². The first kappa shape index (κ1) is 23.7. The predicted molar refractivity (Wildman–Crippen MR) is 114 cm³/mol. The molecule has 7 nitrogen and oxygen atoms in total. The predicted octanol–water partition coefficient (Wildman–Crippen LogP) is 3.57. The molecule has 0 spiro atoms. The number of piperidine rings is 1. The summed E-state index contributed by atoms with van der Waals surface area (Å²) in [5, 5.41) is 5.07. The van der Waals surface area contributed by atoms with Crippen LogP contribution in [0.3, 0.4) is 0 Å². The van der Waals surface area contributed by atoms with E-state index in [1.165, 1.54) is 28.6 Å². The summed E-state index contributed by atoms with van der Waals surface area (Å²) in [6.45, 7) is 0.391. The molecule has 0 saturated carbocycles. The summed E-state index contributed by atoms with van der Waals surface area (Å²) in [6, 6.07) is 10.3.